The topological polar surface area (TPSA) is 79.3 Å². The first-order valence-corrected chi connectivity index (χ1v) is 8.05. The molecule has 1 aromatic heterocycles. The highest BCUT2D eigenvalue weighted by Crippen LogP contribution is 2.19. The minimum absolute atomic E-state index is 0.0943. The van der Waals surface area contributed by atoms with Gasteiger partial charge in [0, 0.05) is 10.7 Å². The van der Waals surface area contributed by atoms with E-state index in [4.69, 9.17) is 0 Å². The number of sulfonamides is 1. The molecule has 0 saturated heterocycles. The number of benzene rings is 1. The smallest absolute Gasteiger partial charge is 0.263 e. The molecule has 0 aliphatic carbocycles. The van der Waals surface area contributed by atoms with Crippen LogP contribution >= 0.6 is 15.9 Å². The number of aryl methyl sites for hydroxylation is 1. The molecule has 0 aliphatic heterocycles. The number of rotatable bonds is 4. The van der Waals surface area contributed by atoms with Crippen LogP contribution in [0.3, 0.4) is 0 Å². The van der Waals surface area contributed by atoms with Gasteiger partial charge in [0.25, 0.3) is 10.0 Å². The van der Waals surface area contributed by atoms with Crippen molar-refractivity contribution < 1.29 is 13.5 Å². The summed E-state index contributed by atoms with van der Waals surface area (Å²) >= 11 is 3.23. The Morgan fingerprint density at radius 1 is 1.30 bits per heavy atom. The van der Waals surface area contributed by atoms with Gasteiger partial charge in [-0.25, -0.2) is 13.4 Å². The molecule has 0 bridgehead atoms. The van der Waals surface area contributed by atoms with Crippen molar-refractivity contribution in [2.45, 2.75) is 18.4 Å². The van der Waals surface area contributed by atoms with Crippen LogP contribution in [0.25, 0.3) is 0 Å². The van der Waals surface area contributed by atoms with Gasteiger partial charge in [-0.05, 0) is 58.2 Å². The summed E-state index contributed by atoms with van der Waals surface area (Å²) in [7, 11) is -3.71. The first kappa shape index (κ1) is 15.0. The quantitative estimate of drug-likeness (QED) is 0.881. The predicted molar refractivity (Wildman–Crippen MR) is 79.8 cm³/mol. The Labute approximate surface area is 125 Å². The van der Waals surface area contributed by atoms with Crippen molar-refractivity contribution in [2.75, 3.05) is 4.72 Å². The number of pyridine rings is 1. The molecule has 0 spiro atoms. The summed E-state index contributed by atoms with van der Waals surface area (Å²) in [5.74, 6) is 0.235. The molecule has 0 saturated carbocycles. The second-order valence-corrected chi connectivity index (χ2v) is 6.81. The van der Waals surface area contributed by atoms with E-state index in [1.54, 1.807) is 18.2 Å². The molecule has 2 rings (SSSR count). The summed E-state index contributed by atoms with van der Waals surface area (Å²) < 4.78 is 27.6. The number of nitrogens with one attached hydrogen (secondary N) is 1. The number of hydrogen-bond acceptors (Lipinski definition) is 4. The molecule has 7 heteroatoms. The Balaban J connectivity index is 2.33. The molecule has 2 aromatic rings. The zero-order valence-corrected chi connectivity index (χ0v) is 13.1. The number of aromatic nitrogens is 1. The fourth-order valence-electron chi connectivity index (χ4n) is 1.62. The van der Waals surface area contributed by atoms with Crippen LogP contribution in [0.15, 0.2) is 45.9 Å². The average Bonchev–Trinajstić information content (AvgIpc) is 2.41. The van der Waals surface area contributed by atoms with Gasteiger partial charge in [0.1, 0.15) is 5.82 Å². The lowest BCUT2D eigenvalue weighted by molar-refractivity contribution is 0.281. The number of nitrogens with zero attached hydrogens (tertiary/aromatic N) is 1. The number of aliphatic hydroxyl groups is 1. The average molecular weight is 357 g/mol. The maximum Gasteiger partial charge on any atom is 0.263 e. The van der Waals surface area contributed by atoms with Crippen LogP contribution in [0.2, 0.25) is 0 Å². The first-order valence-electron chi connectivity index (χ1n) is 5.77. The normalized spacial score (nSPS) is 11.3. The first-order chi connectivity index (χ1) is 9.42. The molecule has 106 valence electrons. The Kier molecular flexibility index (Phi) is 4.42. The van der Waals surface area contributed by atoms with E-state index < -0.39 is 10.0 Å². The lowest BCUT2D eigenvalue weighted by atomic mass is 10.1. The molecule has 5 nitrogen and oxygen atoms in total. The number of aliphatic hydroxyl groups excluding tert-OH is 1. The molecular formula is C13H13BrN2O3S. The summed E-state index contributed by atoms with van der Waals surface area (Å²) in [6.07, 6.45) is 1.51. The van der Waals surface area contributed by atoms with Gasteiger partial charge in [-0.15, -0.1) is 0 Å². The highest BCUT2D eigenvalue weighted by atomic mass is 79.9. The highest BCUT2D eigenvalue weighted by Gasteiger charge is 2.16. The SMILES string of the molecule is Cc1ccc(S(=O)(=O)Nc2ccc(Br)cn2)cc1CO. The fourth-order valence-corrected chi connectivity index (χ4v) is 2.91. The molecule has 2 N–H and O–H groups in total. The second kappa shape index (κ2) is 5.90. The van der Waals surface area contributed by atoms with Crippen LogP contribution in [-0.2, 0) is 16.6 Å². The van der Waals surface area contributed by atoms with Crippen LogP contribution in [0.1, 0.15) is 11.1 Å². The summed E-state index contributed by atoms with van der Waals surface area (Å²) in [6, 6.07) is 7.86. The summed E-state index contributed by atoms with van der Waals surface area (Å²) in [5.41, 5.74) is 1.42. The van der Waals surface area contributed by atoms with Crippen molar-refractivity contribution in [2.24, 2.45) is 0 Å². The van der Waals surface area contributed by atoms with Crippen molar-refractivity contribution in [3.63, 3.8) is 0 Å². The maximum atomic E-state index is 12.2. The van der Waals surface area contributed by atoms with Gasteiger partial charge < -0.3 is 5.11 Å². The highest BCUT2D eigenvalue weighted by molar-refractivity contribution is 9.10. The van der Waals surface area contributed by atoms with Crippen LogP contribution in [0, 0.1) is 6.92 Å². The number of halogens is 1. The van der Waals surface area contributed by atoms with Gasteiger partial charge in [0.2, 0.25) is 0 Å². The zero-order valence-electron chi connectivity index (χ0n) is 10.7. The van der Waals surface area contributed by atoms with Crippen molar-refractivity contribution >= 4 is 31.8 Å². The third-order valence-electron chi connectivity index (χ3n) is 2.77. The summed E-state index contributed by atoms with van der Waals surface area (Å²) in [5, 5.41) is 9.20. The second-order valence-electron chi connectivity index (χ2n) is 4.21. The lowest BCUT2D eigenvalue weighted by Gasteiger charge is -2.09. The molecule has 0 amide bonds. The Morgan fingerprint density at radius 3 is 2.65 bits per heavy atom. The van der Waals surface area contributed by atoms with E-state index in [1.807, 2.05) is 6.92 Å². The van der Waals surface area contributed by atoms with E-state index in [9.17, 15) is 13.5 Å². The van der Waals surface area contributed by atoms with Crippen molar-refractivity contribution in [3.8, 4) is 0 Å². The van der Waals surface area contributed by atoms with Crippen molar-refractivity contribution in [1.29, 1.82) is 0 Å². The Morgan fingerprint density at radius 2 is 2.05 bits per heavy atom. The molecule has 1 heterocycles. The molecule has 0 aliphatic rings. The van der Waals surface area contributed by atoms with Crippen molar-refractivity contribution in [3.05, 3.63) is 52.1 Å². The van der Waals surface area contributed by atoms with Crippen LogP contribution in [0.4, 0.5) is 5.82 Å². The lowest BCUT2D eigenvalue weighted by Crippen LogP contribution is -2.14. The van der Waals surface area contributed by atoms with Gasteiger partial charge in [0.05, 0.1) is 11.5 Å². The van der Waals surface area contributed by atoms with Crippen molar-refractivity contribution in [1.82, 2.24) is 4.98 Å². The van der Waals surface area contributed by atoms with Gasteiger partial charge in [-0.1, -0.05) is 6.07 Å². The molecule has 20 heavy (non-hydrogen) atoms. The van der Waals surface area contributed by atoms with Gasteiger partial charge in [-0.3, -0.25) is 4.72 Å². The van der Waals surface area contributed by atoms with Gasteiger partial charge >= 0.3 is 0 Å². The monoisotopic (exact) mass is 356 g/mol. The predicted octanol–water partition coefficient (Wildman–Crippen LogP) is 2.45. The third kappa shape index (κ3) is 3.36. The Hall–Kier alpha value is -1.44. The van der Waals surface area contributed by atoms with Gasteiger partial charge in [0.15, 0.2) is 0 Å². The molecule has 0 radical (unpaired) electrons. The van der Waals surface area contributed by atoms with Crippen LogP contribution in [0.5, 0.6) is 0 Å². The van der Waals surface area contributed by atoms with E-state index in [1.165, 1.54) is 18.3 Å². The summed E-state index contributed by atoms with van der Waals surface area (Å²) in [6.45, 7) is 1.61. The van der Waals surface area contributed by atoms with E-state index in [2.05, 4.69) is 25.6 Å². The molecule has 0 atom stereocenters. The fraction of sp³-hybridized carbons (Fsp3) is 0.154. The summed E-state index contributed by atoms with van der Waals surface area (Å²) in [4.78, 5) is 4.06. The van der Waals surface area contributed by atoms with E-state index in [0.717, 1.165) is 10.0 Å². The molecule has 0 unspecified atom stereocenters. The molecule has 0 fully saturated rings. The molecular weight excluding hydrogens is 344 g/mol. The largest absolute Gasteiger partial charge is 0.392 e. The van der Waals surface area contributed by atoms with E-state index in [-0.39, 0.29) is 17.3 Å². The van der Waals surface area contributed by atoms with E-state index >= 15 is 0 Å². The van der Waals surface area contributed by atoms with Crippen LogP contribution in [-0.4, -0.2) is 18.5 Å². The molecule has 1 aromatic carbocycles. The minimum Gasteiger partial charge on any atom is -0.392 e. The Bertz CT molecular complexity index is 715. The van der Waals surface area contributed by atoms with E-state index in [0.29, 0.717) is 5.56 Å². The minimum atomic E-state index is -3.71. The maximum absolute atomic E-state index is 12.2. The number of anilines is 1. The number of hydrogen-bond donors (Lipinski definition) is 2. The standard InChI is InChI=1S/C13H13BrN2O3S/c1-9-2-4-12(6-10(9)8-17)20(18,19)16-13-5-3-11(14)7-15-13/h2-7,17H,8H2,1H3,(H,15,16). The third-order valence-corrected chi connectivity index (χ3v) is 4.59. The zero-order chi connectivity index (χ0) is 14.8. The van der Waals surface area contributed by atoms with Crippen LogP contribution < -0.4 is 4.72 Å². The van der Waals surface area contributed by atoms with Gasteiger partial charge in [-0.2, -0.15) is 0 Å².